The molecule has 1 aromatic rings. The summed E-state index contributed by atoms with van der Waals surface area (Å²) < 4.78 is 10.7. The van der Waals surface area contributed by atoms with E-state index in [-0.39, 0.29) is 18.1 Å². The van der Waals surface area contributed by atoms with Crippen molar-refractivity contribution in [2.75, 3.05) is 0 Å². The number of benzene rings is 1. The first kappa shape index (κ1) is 21.7. The highest BCUT2D eigenvalue weighted by Crippen LogP contribution is 2.32. The fraction of sp³-hybridized carbons (Fsp3) is 0.571. The number of aromatic hydroxyl groups is 1. The van der Waals surface area contributed by atoms with Gasteiger partial charge >= 0.3 is 12.2 Å². The van der Waals surface area contributed by atoms with Gasteiger partial charge in [0.2, 0.25) is 0 Å². The molecule has 1 aliphatic carbocycles. The van der Waals surface area contributed by atoms with Crippen molar-refractivity contribution in [3.8, 4) is 5.75 Å². The molecular formula is C21H29NO6. The number of fused-ring (bicyclic) bond motifs is 1. The fourth-order valence-electron chi connectivity index (χ4n) is 2.96. The number of carbonyl (C=O) groups excluding carboxylic acids is 3. The minimum Gasteiger partial charge on any atom is -0.508 e. The van der Waals surface area contributed by atoms with Crippen LogP contribution in [0.1, 0.15) is 75.9 Å². The van der Waals surface area contributed by atoms with Gasteiger partial charge in [-0.2, -0.15) is 0 Å². The summed E-state index contributed by atoms with van der Waals surface area (Å²) in [6.07, 6.45) is -0.0663. The van der Waals surface area contributed by atoms with E-state index in [1.807, 2.05) is 0 Å². The van der Waals surface area contributed by atoms with Gasteiger partial charge in [-0.25, -0.2) is 14.5 Å². The van der Waals surface area contributed by atoms with Crippen LogP contribution in [0, 0.1) is 0 Å². The number of hydrogen-bond donors (Lipinski definition) is 1. The largest absolute Gasteiger partial charge is 0.508 e. The number of amides is 2. The molecule has 2 rings (SSSR count). The molecule has 0 radical (unpaired) electrons. The third kappa shape index (κ3) is 5.47. The SMILES string of the molecule is CC(C)(C)OC(=O)N(Cc1c(O)ccc2c1CCCC2=O)C(=O)OC(C)(C)C. The van der Waals surface area contributed by atoms with Crippen molar-refractivity contribution in [2.45, 2.75) is 78.6 Å². The Labute approximate surface area is 165 Å². The van der Waals surface area contributed by atoms with E-state index in [2.05, 4.69) is 0 Å². The quantitative estimate of drug-likeness (QED) is 0.793. The first-order valence-corrected chi connectivity index (χ1v) is 9.39. The molecule has 1 aromatic carbocycles. The molecule has 0 bridgehead atoms. The standard InChI is InChI=1S/C21H29NO6/c1-20(2,3)27-18(25)22(19(26)28-21(4,5)6)12-15-13-8-7-9-16(23)14(13)10-11-17(15)24/h10-11,24H,7-9,12H2,1-6H3. The molecule has 28 heavy (non-hydrogen) atoms. The Morgan fingerprint density at radius 2 is 1.54 bits per heavy atom. The highest BCUT2D eigenvalue weighted by Gasteiger charge is 2.33. The first-order valence-electron chi connectivity index (χ1n) is 9.39. The van der Waals surface area contributed by atoms with Crippen molar-refractivity contribution >= 4 is 18.0 Å². The van der Waals surface area contributed by atoms with Crippen LogP contribution in [0.4, 0.5) is 9.59 Å². The second kappa shape index (κ2) is 7.81. The van der Waals surface area contributed by atoms with E-state index in [1.54, 1.807) is 47.6 Å². The predicted molar refractivity (Wildman–Crippen MR) is 103 cm³/mol. The van der Waals surface area contributed by atoms with Gasteiger partial charge in [0.1, 0.15) is 17.0 Å². The molecule has 0 aliphatic heterocycles. The van der Waals surface area contributed by atoms with E-state index in [4.69, 9.17) is 9.47 Å². The third-order valence-corrected chi connectivity index (χ3v) is 4.08. The minimum atomic E-state index is -0.874. The molecule has 1 aliphatic rings. The van der Waals surface area contributed by atoms with Crippen LogP contribution >= 0.6 is 0 Å². The molecule has 0 saturated heterocycles. The maximum atomic E-state index is 12.7. The van der Waals surface area contributed by atoms with Crippen LogP contribution in [0.2, 0.25) is 0 Å². The zero-order valence-electron chi connectivity index (χ0n) is 17.4. The van der Waals surface area contributed by atoms with Crippen molar-refractivity contribution in [3.05, 3.63) is 28.8 Å². The Morgan fingerprint density at radius 1 is 1.00 bits per heavy atom. The maximum Gasteiger partial charge on any atom is 0.420 e. The maximum absolute atomic E-state index is 12.7. The van der Waals surface area contributed by atoms with Crippen molar-refractivity contribution in [1.29, 1.82) is 0 Å². The molecule has 0 unspecified atom stereocenters. The second-order valence-corrected chi connectivity index (χ2v) is 8.91. The van der Waals surface area contributed by atoms with E-state index in [9.17, 15) is 19.5 Å². The lowest BCUT2D eigenvalue weighted by molar-refractivity contribution is -0.000355. The monoisotopic (exact) mass is 391 g/mol. The lowest BCUT2D eigenvalue weighted by atomic mass is 9.86. The number of phenols is 1. The smallest absolute Gasteiger partial charge is 0.420 e. The zero-order valence-corrected chi connectivity index (χ0v) is 17.4. The summed E-state index contributed by atoms with van der Waals surface area (Å²) in [5, 5.41) is 10.4. The summed E-state index contributed by atoms with van der Waals surface area (Å²) in [7, 11) is 0. The Morgan fingerprint density at radius 3 is 2.04 bits per heavy atom. The summed E-state index contributed by atoms with van der Waals surface area (Å²) >= 11 is 0. The fourth-order valence-corrected chi connectivity index (χ4v) is 2.96. The number of phenolic OH excluding ortho intramolecular Hbond substituents is 1. The molecule has 0 fully saturated rings. The summed E-state index contributed by atoms with van der Waals surface area (Å²) in [6, 6.07) is 3.00. The van der Waals surface area contributed by atoms with Crippen LogP contribution in [0.25, 0.3) is 0 Å². The molecule has 1 N–H and O–H groups in total. The van der Waals surface area contributed by atoms with Crippen molar-refractivity contribution in [2.24, 2.45) is 0 Å². The van der Waals surface area contributed by atoms with Crippen LogP contribution in [0.3, 0.4) is 0 Å². The van der Waals surface area contributed by atoms with Crippen LogP contribution in [-0.2, 0) is 22.4 Å². The average Bonchev–Trinajstić information content (AvgIpc) is 2.50. The molecule has 7 nitrogen and oxygen atoms in total. The van der Waals surface area contributed by atoms with E-state index in [1.165, 1.54) is 6.07 Å². The summed E-state index contributed by atoms with van der Waals surface area (Å²) in [6.45, 7) is 9.91. The van der Waals surface area contributed by atoms with Gasteiger partial charge in [0.05, 0.1) is 6.54 Å². The lowest BCUT2D eigenvalue weighted by Crippen LogP contribution is -2.43. The molecule has 0 spiro atoms. The molecule has 0 heterocycles. The van der Waals surface area contributed by atoms with Crippen LogP contribution in [-0.4, -0.2) is 39.2 Å². The molecule has 0 atom stereocenters. The van der Waals surface area contributed by atoms with Gasteiger partial charge in [0, 0.05) is 17.5 Å². The molecule has 2 amide bonds. The number of rotatable bonds is 2. The second-order valence-electron chi connectivity index (χ2n) is 8.91. The Bertz CT molecular complexity index is 757. The number of nitrogens with zero attached hydrogens (tertiary/aromatic N) is 1. The van der Waals surface area contributed by atoms with Crippen LogP contribution in [0.5, 0.6) is 5.75 Å². The normalized spacial score (nSPS) is 14.3. The van der Waals surface area contributed by atoms with Crippen molar-refractivity contribution < 1.29 is 29.0 Å². The first-order chi connectivity index (χ1) is 12.8. The highest BCUT2D eigenvalue weighted by molar-refractivity contribution is 5.99. The van der Waals surface area contributed by atoms with Crippen LogP contribution in [0.15, 0.2) is 12.1 Å². The molecule has 7 heteroatoms. The summed E-state index contributed by atoms with van der Waals surface area (Å²) in [5.41, 5.74) is -0.0836. The Kier molecular flexibility index (Phi) is 6.06. The van der Waals surface area contributed by atoms with Gasteiger partial charge in [-0.15, -0.1) is 0 Å². The Balaban J connectivity index is 2.42. The average molecular weight is 391 g/mol. The predicted octanol–water partition coefficient (Wildman–Crippen LogP) is 4.58. The van der Waals surface area contributed by atoms with Gasteiger partial charge in [-0.3, -0.25) is 4.79 Å². The van der Waals surface area contributed by atoms with E-state index in [0.29, 0.717) is 36.0 Å². The molecular weight excluding hydrogens is 362 g/mol. The number of ether oxygens (including phenoxy) is 2. The van der Waals surface area contributed by atoms with E-state index < -0.39 is 23.4 Å². The Hall–Kier alpha value is -2.57. The van der Waals surface area contributed by atoms with Gasteiger partial charge < -0.3 is 14.6 Å². The van der Waals surface area contributed by atoms with Gasteiger partial charge in [0.25, 0.3) is 0 Å². The topological polar surface area (TPSA) is 93.1 Å². The van der Waals surface area contributed by atoms with E-state index >= 15 is 0 Å². The number of imide groups is 1. The van der Waals surface area contributed by atoms with Gasteiger partial charge in [-0.05, 0) is 72.1 Å². The minimum absolute atomic E-state index is 0.0106. The summed E-state index contributed by atoms with van der Waals surface area (Å²) in [4.78, 5) is 38.4. The highest BCUT2D eigenvalue weighted by atomic mass is 16.6. The lowest BCUT2D eigenvalue weighted by Gasteiger charge is -2.29. The molecule has 0 aromatic heterocycles. The van der Waals surface area contributed by atoms with Gasteiger partial charge in [-0.1, -0.05) is 0 Å². The van der Waals surface area contributed by atoms with Crippen molar-refractivity contribution in [3.63, 3.8) is 0 Å². The molecule has 154 valence electrons. The number of Topliss-reactive ketones (excluding diaryl/α,β-unsaturated/α-hetero) is 1. The third-order valence-electron chi connectivity index (χ3n) is 4.08. The van der Waals surface area contributed by atoms with E-state index in [0.717, 1.165) is 4.90 Å². The zero-order chi connectivity index (χ0) is 21.3. The number of ketones is 1. The van der Waals surface area contributed by atoms with Gasteiger partial charge in [0.15, 0.2) is 5.78 Å². The summed E-state index contributed by atoms with van der Waals surface area (Å²) in [5.74, 6) is -0.0887. The van der Waals surface area contributed by atoms with Crippen LogP contribution < -0.4 is 0 Å². The number of hydrogen-bond acceptors (Lipinski definition) is 6. The number of carbonyl (C=O) groups is 3. The molecule has 0 saturated carbocycles. The van der Waals surface area contributed by atoms with Crippen molar-refractivity contribution in [1.82, 2.24) is 4.90 Å².